The first-order chi connectivity index (χ1) is 16.8. The molecule has 34 heavy (non-hydrogen) atoms. The van der Waals surface area contributed by atoms with E-state index in [9.17, 15) is 0 Å². The van der Waals surface area contributed by atoms with Gasteiger partial charge in [-0.2, -0.15) is 5.10 Å². The van der Waals surface area contributed by atoms with E-state index in [0.29, 0.717) is 28.9 Å². The smallest absolute Gasteiger partial charge is 0.230 e. The van der Waals surface area contributed by atoms with Gasteiger partial charge in [0.05, 0.1) is 34.7 Å². The molecule has 5 aromatic heterocycles. The van der Waals surface area contributed by atoms with E-state index in [1.54, 1.807) is 28.0 Å². The third-order valence-corrected chi connectivity index (χ3v) is 5.94. The number of furan rings is 1. The van der Waals surface area contributed by atoms with Crippen LogP contribution in [0, 0.1) is 6.92 Å². The van der Waals surface area contributed by atoms with Gasteiger partial charge in [0.2, 0.25) is 17.6 Å². The second kappa shape index (κ2) is 7.11. The molecule has 0 fully saturated rings. The summed E-state index contributed by atoms with van der Waals surface area (Å²) in [6.45, 7) is 1.97. The van der Waals surface area contributed by atoms with Crippen molar-refractivity contribution in [3.8, 4) is 29.0 Å². The summed E-state index contributed by atoms with van der Waals surface area (Å²) >= 11 is 0. The lowest BCUT2D eigenvalue weighted by Gasteiger charge is -2.24. The molecule has 0 saturated heterocycles. The number of hydrogen-bond acceptors (Lipinski definition) is 7. The molecule has 9 heteroatoms. The van der Waals surface area contributed by atoms with Crippen molar-refractivity contribution in [2.24, 2.45) is 0 Å². The molecular formula is C25H17N7O2. The van der Waals surface area contributed by atoms with Gasteiger partial charge < -0.3 is 9.15 Å². The summed E-state index contributed by atoms with van der Waals surface area (Å²) < 4.78 is 15.8. The van der Waals surface area contributed by atoms with E-state index in [4.69, 9.17) is 19.2 Å². The van der Waals surface area contributed by atoms with Crippen LogP contribution in [-0.2, 0) is 0 Å². The number of hydrogen-bond donors (Lipinski definition) is 0. The van der Waals surface area contributed by atoms with Crippen molar-refractivity contribution in [2.75, 3.05) is 0 Å². The average molecular weight is 447 g/mol. The second-order valence-corrected chi connectivity index (χ2v) is 7.98. The molecule has 1 atom stereocenters. The van der Waals surface area contributed by atoms with Crippen LogP contribution in [0.5, 0.6) is 11.8 Å². The molecule has 0 bridgehead atoms. The number of para-hydroxylation sites is 1. The number of fused-ring (bicyclic) bond motifs is 4. The van der Waals surface area contributed by atoms with Gasteiger partial charge in [-0.3, -0.25) is 4.98 Å². The van der Waals surface area contributed by atoms with Crippen molar-refractivity contribution in [1.82, 2.24) is 34.3 Å². The van der Waals surface area contributed by atoms with Crippen molar-refractivity contribution in [1.29, 1.82) is 0 Å². The number of rotatable bonds is 3. The number of aryl methyl sites for hydroxylation is 1. The third-order valence-electron chi connectivity index (χ3n) is 5.94. The normalized spacial score (nSPS) is 14.6. The fourth-order valence-electron chi connectivity index (χ4n) is 4.47. The Balaban J connectivity index is 1.49. The maximum atomic E-state index is 6.39. The van der Waals surface area contributed by atoms with Gasteiger partial charge in [-0.1, -0.05) is 24.3 Å². The van der Waals surface area contributed by atoms with Crippen LogP contribution >= 0.6 is 0 Å². The topological polar surface area (TPSA) is 96.2 Å². The molecule has 0 saturated carbocycles. The third kappa shape index (κ3) is 2.70. The molecule has 0 aliphatic carbocycles. The highest BCUT2D eigenvalue weighted by Crippen LogP contribution is 2.49. The quantitative estimate of drug-likeness (QED) is 0.392. The van der Waals surface area contributed by atoms with Crippen LogP contribution < -0.4 is 4.74 Å². The maximum Gasteiger partial charge on any atom is 0.230 e. The highest BCUT2D eigenvalue weighted by Gasteiger charge is 2.39. The largest absolute Gasteiger partial charge is 0.468 e. The molecule has 6 aromatic rings. The molecule has 164 valence electrons. The van der Waals surface area contributed by atoms with Crippen molar-refractivity contribution in [3.63, 3.8) is 0 Å². The summed E-state index contributed by atoms with van der Waals surface area (Å²) in [5, 5.41) is 9.42. The second-order valence-electron chi connectivity index (χ2n) is 7.98. The first-order valence-electron chi connectivity index (χ1n) is 10.8. The zero-order valence-corrected chi connectivity index (χ0v) is 18.0. The zero-order chi connectivity index (χ0) is 22.6. The molecule has 7 rings (SSSR count). The van der Waals surface area contributed by atoms with E-state index < -0.39 is 0 Å². The molecule has 0 spiro atoms. The summed E-state index contributed by atoms with van der Waals surface area (Å²) in [4.78, 5) is 13.8. The predicted molar refractivity (Wildman–Crippen MR) is 122 cm³/mol. The van der Waals surface area contributed by atoms with Gasteiger partial charge in [0.1, 0.15) is 17.8 Å². The molecular weight excluding hydrogens is 430 g/mol. The number of pyridine rings is 1. The summed E-state index contributed by atoms with van der Waals surface area (Å²) in [6.07, 6.45) is 4.99. The minimum absolute atomic E-state index is 0.316. The highest BCUT2D eigenvalue weighted by molar-refractivity contribution is 5.67. The molecule has 0 N–H and O–H groups in total. The summed E-state index contributed by atoms with van der Waals surface area (Å²) in [7, 11) is 0. The number of nitrogens with zero attached hydrogens (tertiary/aromatic N) is 7. The Morgan fingerprint density at radius 1 is 0.882 bits per heavy atom. The van der Waals surface area contributed by atoms with Gasteiger partial charge in [-0.05, 0) is 43.3 Å². The van der Waals surface area contributed by atoms with Crippen LogP contribution in [0.3, 0.4) is 0 Å². The van der Waals surface area contributed by atoms with Gasteiger partial charge in [0.25, 0.3) is 0 Å². The van der Waals surface area contributed by atoms with Crippen LogP contribution in [0.25, 0.3) is 22.9 Å². The lowest BCUT2D eigenvalue weighted by Crippen LogP contribution is -2.15. The van der Waals surface area contributed by atoms with Crippen molar-refractivity contribution >= 4 is 5.65 Å². The van der Waals surface area contributed by atoms with Crippen LogP contribution in [0.2, 0.25) is 0 Å². The molecule has 0 unspecified atom stereocenters. The average Bonchev–Trinajstić information content (AvgIpc) is 3.63. The van der Waals surface area contributed by atoms with E-state index in [2.05, 4.69) is 15.1 Å². The van der Waals surface area contributed by atoms with Crippen LogP contribution in [0.1, 0.15) is 28.5 Å². The first-order valence-corrected chi connectivity index (χ1v) is 10.8. The number of benzene rings is 1. The van der Waals surface area contributed by atoms with Gasteiger partial charge in [-0.25, -0.2) is 19.2 Å². The van der Waals surface area contributed by atoms with Gasteiger partial charge in [0, 0.05) is 6.20 Å². The molecule has 6 heterocycles. The van der Waals surface area contributed by atoms with Crippen molar-refractivity contribution in [3.05, 3.63) is 102 Å². The van der Waals surface area contributed by atoms with E-state index in [1.165, 1.54) is 0 Å². The number of ether oxygens (including phenoxy) is 1. The van der Waals surface area contributed by atoms with Crippen molar-refractivity contribution < 1.29 is 9.15 Å². The lowest BCUT2D eigenvalue weighted by atomic mass is 9.88. The summed E-state index contributed by atoms with van der Waals surface area (Å²) in [5.41, 5.74) is 4.72. The van der Waals surface area contributed by atoms with Crippen LogP contribution in [-0.4, -0.2) is 34.3 Å². The predicted octanol–water partition coefficient (Wildman–Crippen LogP) is 4.56. The van der Waals surface area contributed by atoms with E-state index in [-0.39, 0.29) is 5.92 Å². The minimum atomic E-state index is -0.316. The van der Waals surface area contributed by atoms with Gasteiger partial charge in [-0.15, -0.1) is 5.10 Å². The Bertz CT molecular complexity index is 1640. The standard InChI is InChI=1S/C25H17N7O2/c1-15-19-20(18-11-7-13-33-18)21-23-28-22(17-10-5-6-12-26-17)30-31(23)14-27-24(21)34-25(19)32(29-15)16-8-3-2-4-9-16/h2-14,20H,1H3/t20-/m1/s1. The van der Waals surface area contributed by atoms with E-state index >= 15 is 0 Å². The zero-order valence-electron chi connectivity index (χ0n) is 18.0. The van der Waals surface area contributed by atoms with Crippen LogP contribution in [0.15, 0.2) is 83.9 Å². The molecule has 1 aromatic carbocycles. The molecule has 1 aliphatic rings. The summed E-state index contributed by atoms with van der Waals surface area (Å²) in [6, 6.07) is 19.3. The molecule has 1 aliphatic heterocycles. The lowest BCUT2D eigenvalue weighted by molar-refractivity contribution is 0.392. The Labute approximate surface area is 193 Å². The minimum Gasteiger partial charge on any atom is -0.468 e. The molecule has 0 radical (unpaired) electrons. The first kappa shape index (κ1) is 18.8. The summed E-state index contributed by atoms with van der Waals surface area (Å²) in [5.74, 6) is 2.00. The fourth-order valence-corrected chi connectivity index (χ4v) is 4.47. The fraction of sp³-hybridized carbons (Fsp3) is 0.0800. The van der Waals surface area contributed by atoms with Gasteiger partial charge in [0.15, 0.2) is 5.65 Å². The monoisotopic (exact) mass is 447 g/mol. The Morgan fingerprint density at radius 2 is 1.76 bits per heavy atom. The Hall–Kier alpha value is -4.79. The SMILES string of the molecule is Cc1nn(-c2ccccc2)c2c1[C@@H](c1ccco1)c1c(ncn3nc(-c4ccccn4)nc13)O2. The van der Waals surface area contributed by atoms with Crippen LogP contribution in [0.4, 0.5) is 0 Å². The Kier molecular flexibility index (Phi) is 3.92. The Morgan fingerprint density at radius 3 is 2.56 bits per heavy atom. The van der Waals surface area contributed by atoms with Gasteiger partial charge >= 0.3 is 0 Å². The van der Waals surface area contributed by atoms with E-state index in [1.807, 2.05) is 67.6 Å². The van der Waals surface area contributed by atoms with Crippen molar-refractivity contribution in [2.45, 2.75) is 12.8 Å². The maximum absolute atomic E-state index is 6.39. The number of aromatic nitrogens is 7. The van der Waals surface area contributed by atoms with E-state index in [0.717, 1.165) is 28.3 Å². The highest BCUT2D eigenvalue weighted by atomic mass is 16.5. The molecule has 9 nitrogen and oxygen atoms in total. The molecule has 0 amide bonds.